The van der Waals surface area contributed by atoms with Gasteiger partial charge in [-0.15, -0.1) is 10.2 Å². The second-order valence-electron chi connectivity index (χ2n) is 6.25. The van der Waals surface area contributed by atoms with Gasteiger partial charge in [-0.3, -0.25) is 14.9 Å². The molecule has 0 aliphatic carbocycles. The molecule has 0 spiro atoms. The smallest absolute Gasteiger partial charge is 0.248 e. The molecule has 6 nitrogen and oxygen atoms in total. The number of hydrogen-bond donors (Lipinski definition) is 2. The predicted octanol–water partition coefficient (Wildman–Crippen LogP) is 3.86. The number of benzene rings is 1. The van der Waals surface area contributed by atoms with Crippen molar-refractivity contribution in [2.45, 2.75) is 52.5 Å². The van der Waals surface area contributed by atoms with Crippen molar-refractivity contribution in [1.82, 2.24) is 15.5 Å². The molecule has 0 fully saturated rings. The summed E-state index contributed by atoms with van der Waals surface area (Å²) in [5, 5.41) is 14.8. The number of hydrogen-bond acceptors (Lipinski definition) is 5. The molecule has 2 amide bonds. The third kappa shape index (κ3) is 5.62. The summed E-state index contributed by atoms with van der Waals surface area (Å²) in [7, 11) is 0. The van der Waals surface area contributed by atoms with E-state index in [1.54, 1.807) is 6.92 Å². The Morgan fingerprint density at radius 2 is 1.85 bits per heavy atom. The summed E-state index contributed by atoms with van der Waals surface area (Å²) in [6.45, 7) is 5.78. The molecule has 0 aliphatic heterocycles. The van der Waals surface area contributed by atoms with Crippen LogP contribution in [-0.4, -0.2) is 28.1 Å². The Morgan fingerprint density at radius 3 is 2.50 bits per heavy atom. The molecule has 1 heterocycles. The summed E-state index contributed by atoms with van der Waals surface area (Å²) in [5.41, 5.74) is 0.952. The Balaban J connectivity index is 1.91. The summed E-state index contributed by atoms with van der Waals surface area (Å²) in [6.07, 6.45) is 3.70. The SMILES string of the molecule is CCCC[C@H](CC)C(=O)N[C@@H](C)C(=O)Nc1nnc(-c2ccccc2)s1. The van der Waals surface area contributed by atoms with Gasteiger partial charge in [-0.2, -0.15) is 0 Å². The van der Waals surface area contributed by atoms with Crippen LogP contribution in [0.5, 0.6) is 0 Å². The van der Waals surface area contributed by atoms with Crippen LogP contribution in [0.2, 0.25) is 0 Å². The number of unbranched alkanes of at least 4 members (excludes halogenated alkanes) is 1. The first kappa shape index (κ1) is 20.0. The molecule has 26 heavy (non-hydrogen) atoms. The van der Waals surface area contributed by atoms with Gasteiger partial charge in [0.2, 0.25) is 16.9 Å². The lowest BCUT2D eigenvalue weighted by Gasteiger charge is -2.18. The summed E-state index contributed by atoms with van der Waals surface area (Å²) in [6, 6.07) is 9.04. The van der Waals surface area contributed by atoms with Crippen LogP contribution in [-0.2, 0) is 9.59 Å². The first-order chi connectivity index (χ1) is 12.5. The van der Waals surface area contributed by atoms with Gasteiger partial charge in [0.1, 0.15) is 11.0 Å². The van der Waals surface area contributed by atoms with Gasteiger partial charge >= 0.3 is 0 Å². The number of rotatable bonds is 9. The van der Waals surface area contributed by atoms with Crippen LogP contribution in [0.4, 0.5) is 5.13 Å². The van der Waals surface area contributed by atoms with Crippen LogP contribution in [0, 0.1) is 5.92 Å². The molecule has 1 aromatic carbocycles. The fourth-order valence-corrected chi connectivity index (χ4v) is 3.30. The van der Waals surface area contributed by atoms with Crippen molar-refractivity contribution >= 4 is 28.3 Å². The molecule has 0 saturated carbocycles. The molecular weight excluding hydrogens is 348 g/mol. The van der Waals surface area contributed by atoms with Crippen LogP contribution >= 0.6 is 11.3 Å². The molecule has 2 N–H and O–H groups in total. The van der Waals surface area contributed by atoms with Crippen LogP contribution in [0.1, 0.15) is 46.5 Å². The highest BCUT2D eigenvalue weighted by Gasteiger charge is 2.22. The van der Waals surface area contributed by atoms with Gasteiger partial charge in [-0.25, -0.2) is 0 Å². The lowest BCUT2D eigenvalue weighted by atomic mass is 9.98. The Bertz CT molecular complexity index is 717. The first-order valence-electron chi connectivity index (χ1n) is 9.05. The summed E-state index contributed by atoms with van der Waals surface area (Å²) < 4.78 is 0. The molecule has 140 valence electrons. The molecule has 0 radical (unpaired) electrons. The molecular formula is C19H26N4O2S. The maximum atomic E-state index is 12.3. The Kier molecular flexibility index (Phi) is 7.72. The van der Waals surface area contributed by atoms with Gasteiger partial charge in [0.15, 0.2) is 0 Å². The number of carbonyl (C=O) groups is 2. The molecule has 0 bridgehead atoms. The minimum Gasteiger partial charge on any atom is -0.344 e. The summed E-state index contributed by atoms with van der Waals surface area (Å²) >= 11 is 1.31. The zero-order chi connectivity index (χ0) is 18.9. The van der Waals surface area contributed by atoms with Crippen molar-refractivity contribution < 1.29 is 9.59 Å². The lowest BCUT2D eigenvalue weighted by Crippen LogP contribution is -2.44. The minimum atomic E-state index is -0.623. The molecule has 0 saturated heterocycles. The second kappa shape index (κ2) is 10.0. The number of nitrogens with zero attached hydrogens (tertiary/aromatic N) is 2. The quantitative estimate of drug-likeness (QED) is 0.698. The van der Waals surface area contributed by atoms with E-state index in [0.29, 0.717) is 5.13 Å². The standard InChI is InChI=1S/C19H26N4O2S/c1-4-6-10-14(5-2)17(25)20-13(3)16(24)21-19-23-22-18(26-19)15-11-8-7-9-12-15/h7-9,11-14H,4-6,10H2,1-3H3,(H,20,25)(H,21,23,24)/t13-,14-/m0/s1. The van der Waals surface area contributed by atoms with Crippen molar-refractivity contribution in [3.63, 3.8) is 0 Å². The zero-order valence-electron chi connectivity index (χ0n) is 15.5. The molecule has 1 aromatic heterocycles. The highest BCUT2D eigenvalue weighted by Crippen LogP contribution is 2.25. The van der Waals surface area contributed by atoms with Crippen LogP contribution in [0.25, 0.3) is 10.6 Å². The van der Waals surface area contributed by atoms with Gasteiger partial charge in [-0.1, -0.05) is 68.4 Å². The van der Waals surface area contributed by atoms with E-state index in [-0.39, 0.29) is 17.7 Å². The Hall–Kier alpha value is -2.28. The number of aromatic nitrogens is 2. The Morgan fingerprint density at radius 1 is 1.12 bits per heavy atom. The summed E-state index contributed by atoms with van der Waals surface area (Å²) in [5.74, 6) is -0.401. The van der Waals surface area contributed by atoms with Gasteiger partial charge in [0, 0.05) is 11.5 Å². The lowest BCUT2D eigenvalue weighted by molar-refractivity contribution is -0.129. The molecule has 2 aromatic rings. The van der Waals surface area contributed by atoms with Gasteiger partial charge < -0.3 is 5.32 Å². The average molecular weight is 375 g/mol. The monoisotopic (exact) mass is 374 g/mol. The average Bonchev–Trinajstić information content (AvgIpc) is 3.11. The normalized spacial score (nSPS) is 13.0. The molecule has 0 unspecified atom stereocenters. The van der Waals surface area contributed by atoms with Crippen molar-refractivity contribution in [3.05, 3.63) is 30.3 Å². The van der Waals surface area contributed by atoms with Gasteiger partial charge in [-0.05, 0) is 19.8 Å². The van der Waals surface area contributed by atoms with E-state index in [2.05, 4.69) is 27.8 Å². The summed E-state index contributed by atoms with van der Waals surface area (Å²) in [4.78, 5) is 24.7. The van der Waals surface area contributed by atoms with E-state index >= 15 is 0 Å². The Labute approximate surface area is 158 Å². The van der Waals surface area contributed by atoms with Crippen molar-refractivity contribution in [2.75, 3.05) is 5.32 Å². The number of nitrogens with one attached hydrogen (secondary N) is 2. The van der Waals surface area contributed by atoms with Crippen LogP contribution in [0.15, 0.2) is 30.3 Å². The highest BCUT2D eigenvalue weighted by atomic mass is 32.1. The number of amides is 2. The minimum absolute atomic E-state index is 0.0450. The number of anilines is 1. The molecule has 7 heteroatoms. The maximum absolute atomic E-state index is 12.3. The van der Waals surface area contributed by atoms with E-state index in [0.717, 1.165) is 36.3 Å². The van der Waals surface area contributed by atoms with Gasteiger partial charge in [0.05, 0.1) is 0 Å². The topological polar surface area (TPSA) is 84.0 Å². The van der Waals surface area contributed by atoms with E-state index in [9.17, 15) is 9.59 Å². The van der Waals surface area contributed by atoms with E-state index in [4.69, 9.17) is 0 Å². The fraction of sp³-hybridized carbons (Fsp3) is 0.474. The molecule has 2 rings (SSSR count). The van der Waals surface area contributed by atoms with Crippen molar-refractivity contribution in [1.29, 1.82) is 0 Å². The van der Waals surface area contributed by atoms with E-state index < -0.39 is 6.04 Å². The van der Waals surface area contributed by atoms with Crippen molar-refractivity contribution in [2.24, 2.45) is 5.92 Å². The zero-order valence-corrected chi connectivity index (χ0v) is 16.3. The maximum Gasteiger partial charge on any atom is 0.248 e. The van der Waals surface area contributed by atoms with Crippen molar-refractivity contribution in [3.8, 4) is 10.6 Å². The highest BCUT2D eigenvalue weighted by molar-refractivity contribution is 7.18. The largest absolute Gasteiger partial charge is 0.344 e. The van der Waals surface area contributed by atoms with Crippen LogP contribution in [0.3, 0.4) is 0 Å². The number of carbonyl (C=O) groups excluding carboxylic acids is 2. The van der Waals surface area contributed by atoms with E-state index in [1.165, 1.54) is 11.3 Å². The van der Waals surface area contributed by atoms with Gasteiger partial charge in [0.25, 0.3) is 0 Å². The fourth-order valence-electron chi connectivity index (χ4n) is 2.55. The second-order valence-corrected chi connectivity index (χ2v) is 7.22. The van der Waals surface area contributed by atoms with Crippen LogP contribution < -0.4 is 10.6 Å². The third-order valence-corrected chi connectivity index (χ3v) is 5.09. The molecule has 2 atom stereocenters. The first-order valence-corrected chi connectivity index (χ1v) is 9.86. The van der Waals surface area contributed by atoms with E-state index in [1.807, 2.05) is 37.3 Å². The molecule has 0 aliphatic rings. The predicted molar refractivity (Wildman–Crippen MR) is 105 cm³/mol. The third-order valence-electron chi connectivity index (χ3n) is 4.20.